The molecule has 0 saturated heterocycles. The summed E-state index contributed by atoms with van der Waals surface area (Å²) in [6, 6.07) is 6.49. The van der Waals surface area contributed by atoms with Gasteiger partial charge in [-0.2, -0.15) is 0 Å². The summed E-state index contributed by atoms with van der Waals surface area (Å²) in [5.41, 5.74) is 7.81. The second kappa shape index (κ2) is 14.8. The number of aryl methyl sites for hydroxylation is 1. The van der Waals surface area contributed by atoms with E-state index in [0.29, 0.717) is 41.5 Å². The molecule has 1 aromatic heterocycles. The summed E-state index contributed by atoms with van der Waals surface area (Å²) in [5.74, 6) is -0.824. The summed E-state index contributed by atoms with van der Waals surface area (Å²) in [7, 11) is 3.30. The Morgan fingerprint density at radius 2 is 1.92 bits per heavy atom. The number of nitrogens with one attached hydrogen (secondary N) is 2. The fourth-order valence-corrected chi connectivity index (χ4v) is 3.58. The summed E-state index contributed by atoms with van der Waals surface area (Å²) in [6.07, 6.45) is 3.21. The standard InChI is InChI=1S/C28H42N8O3/c1-8-22-27(35(6)9-2)33-26(24(32-22)25(29)38)31-21-13-10-12-20(18-21)15-16-30-28(39)19(3)36(7)23(37)14-11-17-34(4)5/h10-14,18-19H,8-9,15-17H2,1-7H3,(H2,29,38)(H,30,39)(H,31,33)/b14-11+/i4D3,5D3. The summed E-state index contributed by atoms with van der Waals surface area (Å²) in [4.78, 5) is 50.0. The minimum absolute atomic E-state index is 0.0344. The lowest BCUT2D eigenvalue weighted by molar-refractivity contribution is -0.135. The van der Waals surface area contributed by atoms with Crippen LogP contribution >= 0.6 is 0 Å². The topological polar surface area (TPSA) is 137 Å². The normalized spacial score (nSPS) is 14.8. The Hall–Kier alpha value is -3.99. The van der Waals surface area contributed by atoms with Crippen molar-refractivity contribution >= 4 is 35.0 Å². The molecule has 1 aromatic carbocycles. The predicted molar refractivity (Wildman–Crippen MR) is 155 cm³/mol. The van der Waals surface area contributed by atoms with Gasteiger partial charge in [-0.05, 0) is 58.3 Å². The molecule has 0 fully saturated rings. The molecule has 0 aliphatic rings. The van der Waals surface area contributed by atoms with E-state index in [9.17, 15) is 14.4 Å². The van der Waals surface area contributed by atoms with Crippen LogP contribution in [0.2, 0.25) is 0 Å². The first kappa shape index (κ1) is 22.9. The van der Waals surface area contributed by atoms with Crippen molar-refractivity contribution in [3.63, 3.8) is 0 Å². The average Bonchev–Trinajstić information content (AvgIpc) is 2.96. The van der Waals surface area contributed by atoms with E-state index in [4.69, 9.17) is 14.0 Å². The van der Waals surface area contributed by atoms with Crippen molar-refractivity contribution < 1.29 is 22.6 Å². The molecule has 0 saturated carbocycles. The predicted octanol–water partition coefficient (Wildman–Crippen LogP) is 1.96. The monoisotopic (exact) mass is 544 g/mol. The van der Waals surface area contributed by atoms with Crippen molar-refractivity contribution in [1.82, 2.24) is 25.1 Å². The number of primary amides is 1. The minimum atomic E-state index is -2.87. The average molecular weight is 545 g/mol. The molecular formula is C28H42N8O3. The first-order chi connectivity index (χ1) is 20.9. The first-order valence-corrected chi connectivity index (χ1v) is 12.7. The SMILES string of the molecule is [2H]C([2H])([2H])N(C/C=C/C(=O)N(C)C(C)C(=O)NCCc1cccc(Nc2nc(N(C)CC)c(CC)nc2C(N)=O)c1)C([2H])([2H])[2H]. The van der Waals surface area contributed by atoms with Crippen molar-refractivity contribution in [1.29, 1.82) is 0 Å². The maximum absolute atomic E-state index is 12.7. The van der Waals surface area contributed by atoms with Crippen LogP contribution in [0.1, 0.15) is 50.7 Å². The third-order valence-electron chi connectivity index (χ3n) is 6.11. The molecule has 39 heavy (non-hydrogen) atoms. The molecule has 1 atom stereocenters. The Morgan fingerprint density at radius 3 is 2.56 bits per heavy atom. The number of benzene rings is 1. The Bertz CT molecular complexity index is 1370. The molecule has 0 aliphatic heterocycles. The third-order valence-corrected chi connectivity index (χ3v) is 6.11. The Kier molecular flexibility index (Phi) is 8.72. The largest absolute Gasteiger partial charge is 0.364 e. The van der Waals surface area contributed by atoms with Crippen LogP contribution in [0.4, 0.5) is 17.3 Å². The molecule has 2 rings (SSSR count). The van der Waals surface area contributed by atoms with Gasteiger partial charge in [0.05, 0.1) is 5.69 Å². The molecule has 1 unspecified atom stereocenters. The van der Waals surface area contributed by atoms with Crippen LogP contribution in [0, 0.1) is 0 Å². The fraction of sp³-hybridized carbons (Fsp3) is 0.464. The highest BCUT2D eigenvalue weighted by atomic mass is 16.2. The maximum Gasteiger partial charge on any atom is 0.271 e. The number of rotatable bonds is 14. The third kappa shape index (κ3) is 9.06. The van der Waals surface area contributed by atoms with Gasteiger partial charge in [0.15, 0.2) is 17.3 Å². The van der Waals surface area contributed by atoms with Crippen molar-refractivity contribution in [2.75, 3.05) is 57.9 Å². The van der Waals surface area contributed by atoms with E-state index >= 15 is 0 Å². The number of aromatic nitrogens is 2. The van der Waals surface area contributed by atoms with E-state index in [1.165, 1.54) is 14.0 Å². The fourth-order valence-electron chi connectivity index (χ4n) is 3.58. The number of nitrogens with two attached hydrogens (primary N) is 1. The van der Waals surface area contributed by atoms with E-state index in [2.05, 4.69) is 20.6 Å². The maximum atomic E-state index is 12.7. The molecule has 11 heteroatoms. The number of hydrogen-bond acceptors (Lipinski definition) is 8. The molecule has 11 nitrogen and oxygen atoms in total. The number of carbonyl (C=O) groups is 3. The summed E-state index contributed by atoms with van der Waals surface area (Å²) < 4.78 is 44.3. The van der Waals surface area contributed by atoms with Gasteiger partial charge in [0.25, 0.3) is 5.91 Å². The van der Waals surface area contributed by atoms with E-state index < -0.39 is 44.3 Å². The Labute approximate surface area is 239 Å². The molecule has 0 radical (unpaired) electrons. The van der Waals surface area contributed by atoms with Crippen LogP contribution in [-0.2, 0) is 22.4 Å². The lowest BCUT2D eigenvalue weighted by Gasteiger charge is -2.23. The second-order valence-electron chi connectivity index (χ2n) is 8.93. The molecule has 0 bridgehead atoms. The molecular weight excluding hydrogens is 496 g/mol. The minimum Gasteiger partial charge on any atom is -0.364 e. The van der Waals surface area contributed by atoms with Crippen molar-refractivity contribution in [3.8, 4) is 0 Å². The molecule has 2 aromatic rings. The van der Waals surface area contributed by atoms with Gasteiger partial charge >= 0.3 is 0 Å². The molecule has 0 spiro atoms. The molecule has 0 aliphatic carbocycles. The zero-order valence-electron chi connectivity index (χ0n) is 29.1. The van der Waals surface area contributed by atoms with Gasteiger partial charge in [-0.25, -0.2) is 9.97 Å². The van der Waals surface area contributed by atoms with Crippen molar-refractivity contribution in [3.05, 3.63) is 53.4 Å². The van der Waals surface area contributed by atoms with E-state index in [-0.39, 0.29) is 18.1 Å². The van der Waals surface area contributed by atoms with Gasteiger partial charge in [-0.15, -0.1) is 0 Å². The number of hydrogen-bond donors (Lipinski definition) is 3. The van der Waals surface area contributed by atoms with Gasteiger partial charge in [-0.3, -0.25) is 14.4 Å². The zero-order chi connectivity index (χ0) is 34.1. The molecule has 212 valence electrons. The van der Waals surface area contributed by atoms with Gasteiger partial charge in [0.2, 0.25) is 11.8 Å². The first-order valence-electron chi connectivity index (χ1n) is 15.7. The highest BCUT2D eigenvalue weighted by Crippen LogP contribution is 2.24. The van der Waals surface area contributed by atoms with Crippen LogP contribution in [0.5, 0.6) is 0 Å². The molecule has 1 heterocycles. The van der Waals surface area contributed by atoms with E-state index in [1.54, 1.807) is 6.07 Å². The van der Waals surface area contributed by atoms with Crippen LogP contribution in [-0.4, -0.2) is 91.2 Å². The number of carbonyl (C=O) groups excluding carboxylic acids is 3. The van der Waals surface area contributed by atoms with Gasteiger partial charge < -0.3 is 31.1 Å². The number of amides is 3. The second-order valence-corrected chi connectivity index (χ2v) is 8.93. The zero-order valence-corrected chi connectivity index (χ0v) is 23.1. The highest BCUT2D eigenvalue weighted by Gasteiger charge is 2.21. The molecule has 3 amide bonds. The van der Waals surface area contributed by atoms with Crippen LogP contribution in [0.15, 0.2) is 36.4 Å². The van der Waals surface area contributed by atoms with E-state index in [1.807, 2.05) is 44.0 Å². The Balaban J connectivity index is 2.03. The van der Waals surface area contributed by atoms with Gasteiger partial charge in [-0.1, -0.05) is 25.1 Å². The smallest absolute Gasteiger partial charge is 0.271 e. The number of nitrogens with zero attached hydrogens (tertiary/aromatic N) is 5. The van der Waals surface area contributed by atoms with Gasteiger partial charge in [0.1, 0.15) is 6.04 Å². The summed E-state index contributed by atoms with van der Waals surface area (Å²) in [5, 5.41) is 5.93. The lowest BCUT2D eigenvalue weighted by atomic mass is 10.1. The number of likely N-dealkylation sites (N-methyl/N-ethyl adjacent to an activating group) is 2. The van der Waals surface area contributed by atoms with Crippen molar-refractivity contribution in [2.24, 2.45) is 5.73 Å². The molecule has 4 N–H and O–H groups in total. The van der Waals surface area contributed by atoms with Gasteiger partial charge in [0, 0.05) is 53.7 Å². The van der Waals surface area contributed by atoms with Crippen LogP contribution in [0.3, 0.4) is 0 Å². The van der Waals surface area contributed by atoms with Crippen LogP contribution in [0.25, 0.3) is 0 Å². The van der Waals surface area contributed by atoms with Crippen molar-refractivity contribution in [2.45, 2.75) is 39.7 Å². The highest BCUT2D eigenvalue weighted by molar-refractivity contribution is 5.96. The quantitative estimate of drug-likeness (QED) is 0.307. The van der Waals surface area contributed by atoms with E-state index in [0.717, 1.165) is 22.6 Å². The van der Waals surface area contributed by atoms with Crippen LogP contribution < -0.4 is 21.3 Å². The number of anilines is 3. The lowest BCUT2D eigenvalue weighted by Crippen LogP contribution is -2.45. The summed E-state index contributed by atoms with van der Waals surface area (Å²) in [6.45, 7) is 0.151. The summed E-state index contributed by atoms with van der Waals surface area (Å²) >= 11 is 0. The Morgan fingerprint density at radius 1 is 1.18 bits per heavy atom.